The van der Waals surface area contributed by atoms with Crippen LogP contribution in [0.15, 0.2) is 42.5 Å². The van der Waals surface area contributed by atoms with E-state index in [1.165, 1.54) is 5.56 Å². The molecule has 2 aromatic carbocycles. The lowest BCUT2D eigenvalue weighted by Crippen LogP contribution is -2.26. The van der Waals surface area contributed by atoms with Crippen LogP contribution in [-0.4, -0.2) is 32.0 Å². The molecule has 1 amide bonds. The molecule has 22 heavy (non-hydrogen) atoms. The Bertz CT molecular complexity index is 660. The molecule has 0 saturated carbocycles. The monoisotopic (exact) mass is 296 g/mol. The lowest BCUT2D eigenvalue weighted by Gasteiger charge is -2.19. The van der Waals surface area contributed by atoms with E-state index in [1.54, 1.807) is 4.90 Å². The normalized spacial score (nSPS) is 10.4. The van der Waals surface area contributed by atoms with Crippen LogP contribution in [0.4, 0.5) is 5.69 Å². The van der Waals surface area contributed by atoms with Crippen LogP contribution in [0.1, 0.15) is 27.0 Å². The number of aryl methyl sites for hydroxylation is 2. The maximum absolute atomic E-state index is 12.5. The van der Waals surface area contributed by atoms with E-state index in [4.69, 9.17) is 0 Å². The van der Waals surface area contributed by atoms with Gasteiger partial charge in [-0.2, -0.15) is 0 Å². The van der Waals surface area contributed by atoms with Crippen LogP contribution in [0.2, 0.25) is 0 Å². The summed E-state index contributed by atoms with van der Waals surface area (Å²) in [6.07, 6.45) is 0. The predicted molar refractivity (Wildman–Crippen MR) is 92.5 cm³/mol. The van der Waals surface area contributed by atoms with Gasteiger partial charge in [0.2, 0.25) is 0 Å². The number of carbonyl (C=O) groups excluding carboxylic acids is 1. The number of benzene rings is 2. The number of anilines is 1. The average Bonchev–Trinajstić information content (AvgIpc) is 2.49. The van der Waals surface area contributed by atoms with E-state index in [9.17, 15) is 4.79 Å². The zero-order valence-electron chi connectivity index (χ0n) is 14.1. The lowest BCUT2D eigenvalue weighted by atomic mass is 10.1. The van der Waals surface area contributed by atoms with Gasteiger partial charge in [-0.05, 0) is 54.8 Å². The molecule has 0 spiro atoms. The van der Waals surface area contributed by atoms with Gasteiger partial charge in [0.15, 0.2) is 0 Å². The Balaban J connectivity index is 2.09. The summed E-state index contributed by atoms with van der Waals surface area (Å²) in [4.78, 5) is 16.3. The first kappa shape index (κ1) is 16.1. The molecule has 2 rings (SSSR count). The van der Waals surface area contributed by atoms with Crippen molar-refractivity contribution in [2.24, 2.45) is 0 Å². The molecule has 0 atom stereocenters. The summed E-state index contributed by atoms with van der Waals surface area (Å²) in [5.41, 5.74) is 5.39. The number of amides is 1. The van der Waals surface area contributed by atoms with Gasteiger partial charge in [-0.3, -0.25) is 4.79 Å². The Hall–Kier alpha value is -2.29. The highest BCUT2D eigenvalue weighted by molar-refractivity contribution is 5.94. The second kappa shape index (κ2) is 6.65. The predicted octanol–water partition coefficient (Wildman–Crippen LogP) is 3.64. The minimum atomic E-state index is 0.0554. The van der Waals surface area contributed by atoms with Crippen molar-refractivity contribution < 1.29 is 4.79 Å². The molecule has 0 N–H and O–H groups in total. The molecule has 0 aliphatic heterocycles. The van der Waals surface area contributed by atoms with Crippen molar-refractivity contribution in [1.82, 2.24) is 4.90 Å². The third kappa shape index (κ3) is 3.67. The molecule has 0 bridgehead atoms. The van der Waals surface area contributed by atoms with E-state index in [2.05, 4.69) is 36.1 Å². The van der Waals surface area contributed by atoms with Gasteiger partial charge in [-0.25, -0.2) is 0 Å². The zero-order valence-corrected chi connectivity index (χ0v) is 14.1. The second-order valence-electron chi connectivity index (χ2n) is 6.02. The van der Waals surface area contributed by atoms with Gasteiger partial charge in [0, 0.05) is 38.9 Å². The minimum Gasteiger partial charge on any atom is -0.378 e. The van der Waals surface area contributed by atoms with Crippen LogP contribution >= 0.6 is 0 Å². The Morgan fingerprint density at radius 3 is 2.09 bits per heavy atom. The smallest absolute Gasteiger partial charge is 0.253 e. The molecule has 0 saturated heterocycles. The molecule has 0 aliphatic rings. The van der Waals surface area contributed by atoms with E-state index in [0.29, 0.717) is 6.54 Å². The largest absolute Gasteiger partial charge is 0.378 e. The maximum atomic E-state index is 12.5. The third-order valence-electron chi connectivity index (χ3n) is 3.97. The minimum absolute atomic E-state index is 0.0554. The van der Waals surface area contributed by atoms with Gasteiger partial charge in [0.25, 0.3) is 5.91 Å². The fraction of sp³-hybridized carbons (Fsp3) is 0.316. The van der Waals surface area contributed by atoms with Crippen molar-refractivity contribution in [3.63, 3.8) is 0 Å². The lowest BCUT2D eigenvalue weighted by molar-refractivity contribution is 0.0785. The van der Waals surface area contributed by atoms with Gasteiger partial charge in [-0.1, -0.05) is 18.2 Å². The standard InChI is InChI=1S/C19H24N2O/c1-14-6-9-17(12-15(14)2)19(22)21(5)13-16-7-10-18(11-8-16)20(3)4/h6-12H,13H2,1-5H3. The Morgan fingerprint density at radius 1 is 0.909 bits per heavy atom. The molecule has 116 valence electrons. The molecule has 0 fully saturated rings. The van der Waals surface area contributed by atoms with Crippen molar-refractivity contribution >= 4 is 11.6 Å². The van der Waals surface area contributed by atoms with E-state index in [-0.39, 0.29) is 5.91 Å². The maximum Gasteiger partial charge on any atom is 0.253 e. The molecular weight excluding hydrogens is 272 g/mol. The molecule has 0 heterocycles. The average molecular weight is 296 g/mol. The summed E-state index contributed by atoms with van der Waals surface area (Å²) < 4.78 is 0. The fourth-order valence-corrected chi connectivity index (χ4v) is 2.34. The number of rotatable bonds is 4. The first-order valence-electron chi connectivity index (χ1n) is 7.47. The van der Waals surface area contributed by atoms with Crippen LogP contribution in [-0.2, 0) is 6.54 Å². The molecular formula is C19H24N2O. The summed E-state index contributed by atoms with van der Waals surface area (Å²) in [5.74, 6) is 0.0554. The molecule has 0 unspecified atom stereocenters. The van der Waals surface area contributed by atoms with E-state index >= 15 is 0 Å². The highest BCUT2D eigenvalue weighted by atomic mass is 16.2. The van der Waals surface area contributed by atoms with Gasteiger partial charge in [0.1, 0.15) is 0 Å². The van der Waals surface area contributed by atoms with Crippen LogP contribution in [0, 0.1) is 13.8 Å². The van der Waals surface area contributed by atoms with Crippen LogP contribution in [0.25, 0.3) is 0 Å². The van der Waals surface area contributed by atoms with E-state index in [1.807, 2.05) is 46.3 Å². The number of hydrogen-bond acceptors (Lipinski definition) is 2. The van der Waals surface area contributed by atoms with Crippen molar-refractivity contribution in [1.29, 1.82) is 0 Å². The van der Waals surface area contributed by atoms with Crippen molar-refractivity contribution in [2.45, 2.75) is 20.4 Å². The Labute approximate surface area is 133 Å². The first-order valence-corrected chi connectivity index (χ1v) is 7.47. The zero-order chi connectivity index (χ0) is 16.3. The van der Waals surface area contributed by atoms with Crippen LogP contribution in [0.5, 0.6) is 0 Å². The van der Waals surface area contributed by atoms with Crippen LogP contribution in [0.3, 0.4) is 0 Å². The van der Waals surface area contributed by atoms with Crippen molar-refractivity contribution in [3.8, 4) is 0 Å². The van der Waals surface area contributed by atoms with Crippen molar-refractivity contribution in [2.75, 3.05) is 26.0 Å². The SMILES string of the molecule is Cc1ccc(C(=O)N(C)Cc2ccc(N(C)C)cc2)cc1C. The molecule has 0 aromatic heterocycles. The van der Waals surface area contributed by atoms with Gasteiger partial charge in [0.05, 0.1) is 0 Å². The van der Waals surface area contributed by atoms with Gasteiger partial charge < -0.3 is 9.80 Å². The summed E-state index contributed by atoms with van der Waals surface area (Å²) >= 11 is 0. The van der Waals surface area contributed by atoms with Crippen LogP contribution < -0.4 is 4.90 Å². The number of hydrogen-bond donors (Lipinski definition) is 0. The Kier molecular flexibility index (Phi) is 4.86. The van der Waals surface area contributed by atoms with E-state index in [0.717, 1.165) is 22.4 Å². The second-order valence-corrected chi connectivity index (χ2v) is 6.02. The Morgan fingerprint density at radius 2 is 1.55 bits per heavy atom. The summed E-state index contributed by atoms with van der Waals surface area (Å²) in [5, 5.41) is 0. The summed E-state index contributed by atoms with van der Waals surface area (Å²) in [7, 11) is 5.88. The molecule has 0 aliphatic carbocycles. The molecule has 3 nitrogen and oxygen atoms in total. The summed E-state index contributed by atoms with van der Waals surface area (Å²) in [6, 6.07) is 14.1. The number of nitrogens with zero attached hydrogens (tertiary/aromatic N) is 2. The highest BCUT2D eigenvalue weighted by Crippen LogP contribution is 2.15. The third-order valence-corrected chi connectivity index (χ3v) is 3.97. The molecule has 0 radical (unpaired) electrons. The fourth-order valence-electron chi connectivity index (χ4n) is 2.34. The summed E-state index contributed by atoms with van der Waals surface area (Å²) in [6.45, 7) is 4.70. The van der Waals surface area contributed by atoms with Gasteiger partial charge in [-0.15, -0.1) is 0 Å². The first-order chi connectivity index (χ1) is 10.4. The topological polar surface area (TPSA) is 23.6 Å². The molecule has 3 heteroatoms. The van der Waals surface area contributed by atoms with E-state index < -0.39 is 0 Å². The quantitative estimate of drug-likeness (QED) is 0.860. The highest BCUT2D eigenvalue weighted by Gasteiger charge is 2.12. The molecule has 2 aromatic rings. The van der Waals surface area contributed by atoms with Gasteiger partial charge >= 0.3 is 0 Å². The number of carbonyl (C=O) groups is 1. The van der Waals surface area contributed by atoms with Crippen molar-refractivity contribution in [3.05, 3.63) is 64.7 Å².